The Balaban J connectivity index is 2.52. The Labute approximate surface area is 86.8 Å². The second-order valence-corrected chi connectivity index (χ2v) is 4.14. The summed E-state index contributed by atoms with van der Waals surface area (Å²) in [5.41, 5.74) is -1.61. The maximum Gasteiger partial charge on any atom is 0.394 e. The summed E-state index contributed by atoms with van der Waals surface area (Å²) in [5.74, 6) is -1.21. The zero-order valence-corrected chi connectivity index (χ0v) is 8.86. The Hall–Kier alpha value is -0.740. The highest BCUT2D eigenvalue weighted by molar-refractivity contribution is 5.72. The van der Waals surface area contributed by atoms with Gasteiger partial charge in [-0.05, 0) is 26.2 Å². The van der Waals surface area contributed by atoms with E-state index in [0.717, 1.165) is 0 Å². The molecular weight excluding hydrogens is 209 g/mol. The maximum atomic E-state index is 12.6. The van der Waals surface area contributed by atoms with Crippen LogP contribution in [0.2, 0.25) is 0 Å². The number of esters is 1. The van der Waals surface area contributed by atoms with Crippen molar-refractivity contribution < 1.29 is 22.7 Å². The Bertz CT molecular complexity index is 244. The molecule has 0 bridgehead atoms. The molecule has 0 radical (unpaired) electrons. The highest BCUT2D eigenvalue weighted by atomic mass is 19.4. The van der Waals surface area contributed by atoms with Crippen LogP contribution in [0.5, 0.6) is 0 Å². The van der Waals surface area contributed by atoms with Crippen LogP contribution in [0.3, 0.4) is 0 Å². The van der Waals surface area contributed by atoms with Gasteiger partial charge in [0.05, 0.1) is 17.9 Å². The summed E-state index contributed by atoms with van der Waals surface area (Å²) >= 11 is 0. The van der Waals surface area contributed by atoms with Gasteiger partial charge in [0.25, 0.3) is 0 Å². The van der Waals surface area contributed by atoms with Crippen molar-refractivity contribution in [2.24, 2.45) is 11.3 Å². The summed E-state index contributed by atoms with van der Waals surface area (Å²) in [5, 5.41) is 0. The molecule has 2 nitrogen and oxygen atoms in total. The van der Waals surface area contributed by atoms with Crippen molar-refractivity contribution in [2.45, 2.75) is 39.3 Å². The minimum atomic E-state index is -4.19. The second-order valence-electron chi connectivity index (χ2n) is 4.14. The van der Waals surface area contributed by atoms with Crippen LogP contribution in [0.15, 0.2) is 0 Å². The van der Waals surface area contributed by atoms with Gasteiger partial charge in [-0.1, -0.05) is 6.92 Å². The second kappa shape index (κ2) is 4.02. The van der Waals surface area contributed by atoms with E-state index in [-0.39, 0.29) is 25.9 Å². The molecule has 1 atom stereocenters. The molecule has 0 N–H and O–H groups in total. The average Bonchev–Trinajstić information content (AvgIpc) is 2.84. The molecule has 0 spiro atoms. The molecule has 0 aliphatic heterocycles. The monoisotopic (exact) mass is 224 g/mol. The highest BCUT2D eigenvalue weighted by Crippen LogP contribution is 2.61. The lowest BCUT2D eigenvalue weighted by atomic mass is 9.92. The van der Waals surface area contributed by atoms with Crippen molar-refractivity contribution >= 4 is 5.97 Å². The molecule has 1 aliphatic carbocycles. The Kier molecular flexibility index (Phi) is 3.31. The molecule has 0 aromatic carbocycles. The molecule has 0 saturated heterocycles. The first kappa shape index (κ1) is 12.3. The van der Waals surface area contributed by atoms with Gasteiger partial charge in [-0.3, -0.25) is 4.79 Å². The van der Waals surface area contributed by atoms with Crippen molar-refractivity contribution in [3.05, 3.63) is 0 Å². The molecular formula is C10H15F3O2. The van der Waals surface area contributed by atoms with Crippen LogP contribution in [0.4, 0.5) is 13.2 Å². The zero-order valence-electron chi connectivity index (χ0n) is 8.86. The molecule has 1 saturated carbocycles. The first-order valence-corrected chi connectivity index (χ1v) is 5.06. The first-order chi connectivity index (χ1) is 6.82. The fourth-order valence-electron chi connectivity index (χ4n) is 1.71. The van der Waals surface area contributed by atoms with E-state index in [1.54, 1.807) is 6.92 Å². The fourth-order valence-corrected chi connectivity index (χ4v) is 1.71. The van der Waals surface area contributed by atoms with Gasteiger partial charge < -0.3 is 4.74 Å². The molecule has 1 aliphatic rings. The third-order valence-electron chi connectivity index (χ3n) is 2.84. The molecule has 88 valence electrons. The number of rotatable bonds is 4. The molecule has 1 unspecified atom stereocenters. The first-order valence-electron chi connectivity index (χ1n) is 5.06. The van der Waals surface area contributed by atoms with E-state index in [1.165, 1.54) is 6.92 Å². The van der Waals surface area contributed by atoms with Gasteiger partial charge in [-0.15, -0.1) is 0 Å². The zero-order chi connectivity index (χ0) is 11.7. The quantitative estimate of drug-likeness (QED) is 0.686. The molecule has 1 fully saturated rings. The third kappa shape index (κ3) is 2.63. The van der Waals surface area contributed by atoms with Gasteiger partial charge in [-0.2, -0.15) is 13.2 Å². The number of carbonyl (C=O) groups excluding carboxylic acids is 1. The van der Waals surface area contributed by atoms with E-state index in [0.29, 0.717) is 0 Å². The molecule has 0 aromatic heterocycles. The number of carbonyl (C=O) groups is 1. The minimum absolute atomic E-state index is 0.139. The number of ether oxygens (including phenoxy) is 1. The molecule has 15 heavy (non-hydrogen) atoms. The van der Waals surface area contributed by atoms with Crippen molar-refractivity contribution in [3.63, 3.8) is 0 Å². The van der Waals surface area contributed by atoms with Crippen LogP contribution >= 0.6 is 0 Å². The number of hydrogen-bond acceptors (Lipinski definition) is 2. The van der Waals surface area contributed by atoms with Gasteiger partial charge in [-0.25, -0.2) is 0 Å². The van der Waals surface area contributed by atoms with Crippen LogP contribution < -0.4 is 0 Å². The van der Waals surface area contributed by atoms with Gasteiger partial charge in [0.1, 0.15) is 0 Å². The van der Waals surface area contributed by atoms with E-state index in [4.69, 9.17) is 0 Å². The summed E-state index contributed by atoms with van der Waals surface area (Å²) < 4.78 is 42.3. The Morgan fingerprint density at radius 3 is 2.33 bits per heavy atom. The van der Waals surface area contributed by atoms with E-state index >= 15 is 0 Å². The Morgan fingerprint density at radius 1 is 1.47 bits per heavy atom. The van der Waals surface area contributed by atoms with Crippen molar-refractivity contribution in [1.82, 2.24) is 0 Å². The predicted octanol–water partition coefficient (Wildman–Crippen LogP) is 2.92. The fraction of sp³-hybridized carbons (Fsp3) is 0.900. The summed E-state index contributed by atoms with van der Waals surface area (Å²) in [4.78, 5) is 11.2. The Morgan fingerprint density at radius 2 is 2.00 bits per heavy atom. The van der Waals surface area contributed by atoms with Crippen molar-refractivity contribution in [1.29, 1.82) is 0 Å². The number of alkyl halides is 3. The van der Waals surface area contributed by atoms with Crippen LogP contribution in [0.1, 0.15) is 33.1 Å². The van der Waals surface area contributed by atoms with Crippen LogP contribution in [-0.2, 0) is 9.53 Å². The van der Waals surface area contributed by atoms with Gasteiger partial charge in [0, 0.05) is 0 Å². The minimum Gasteiger partial charge on any atom is -0.466 e. The van der Waals surface area contributed by atoms with Gasteiger partial charge in [0.15, 0.2) is 0 Å². The van der Waals surface area contributed by atoms with Gasteiger partial charge in [0.2, 0.25) is 0 Å². The van der Waals surface area contributed by atoms with Crippen molar-refractivity contribution in [2.75, 3.05) is 6.61 Å². The van der Waals surface area contributed by atoms with E-state index in [9.17, 15) is 18.0 Å². The van der Waals surface area contributed by atoms with Crippen LogP contribution in [0.25, 0.3) is 0 Å². The molecule has 0 heterocycles. The lowest BCUT2D eigenvalue weighted by Crippen LogP contribution is -2.29. The third-order valence-corrected chi connectivity index (χ3v) is 2.84. The topological polar surface area (TPSA) is 26.3 Å². The SMILES string of the molecule is CCOC(=O)C(C)CC1(C(F)(F)F)CC1. The molecule has 5 heteroatoms. The lowest BCUT2D eigenvalue weighted by Gasteiger charge is -2.21. The standard InChI is InChI=1S/C10H15F3O2/c1-3-15-8(14)7(2)6-9(4-5-9)10(11,12)13/h7H,3-6H2,1-2H3. The van der Waals surface area contributed by atoms with Crippen LogP contribution in [-0.4, -0.2) is 18.8 Å². The maximum absolute atomic E-state index is 12.6. The molecule has 0 aromatic rings. The molecule has 1 rings (SSSR count). The smallest absolute Gasteiger partial charge is 0.394 e. The summed E-state index contributed by atoms with van der Waals surface area (Å²) in [6.45, 7) is 3.34. The lowest BCUT2D eigenvalue weighted by molar-refractivity contribution is -0.193. The van der Waals surface area contributed by atoms with E-state index in [2.05, 4.69) is 4.74 Å². The summed E-state index contributed by atoms with van der Waals surface area (Å²) in [7, 11) is 0. The highest BCUT2D eigenvalue weighted by Gasteiger charge is 2.63. The van der Waals surface area contributed by atoms with Crippen molar-refractivity contribution in [3.8, 4) is 0 Å². The van der Waals surface area contributed by atoms with E-state index in [1.807, 2.05) is 0 Å². The van der Waals surface area contributed by atoms with Crippen LogP contribution in [0, 0.1) is 11.3 Å². The normalized spacial score (nSPS) is 20.9. The van der Waals surface area contributed by atoms with Gasteiger partial charge >= 0.3 is 12.1 Å². The summed E-state index contributed by atoms with van der Waals surface area (Å²) in [6.07, 6.45) is -4.05. The largest absolute Gasteiger partial charge is 0.466 e. The average molecular weight is 224 g/mol. The predicted molar refractivity (Wildman–Crippen MR) is 48.1 cm³/mol. The molecule has 0 amide bonds. The van der Waals surface area contributed by atoms with E-state index < -0.39 is 23.5 Å². The number of halogens is 3. The number of hydrogen-bond donors (Lipinski definition) is 0. The summed E-state index contributed by atoms with van der Waals surface area (Å²) in [6, 6.07) is 0.